The third-order valence-electron chi connectivity index (χ3n) is 5.30. The molecule has 0 aliphatic rings. The molecule has 0 aromatic rings. The van der Waals surface area contributed by atoms with Crippen LogP contribution in [0, 0.1) is 0 Å². The summed E-state index contributed by atoms with van der Waals surface area (Å²) in [4.78, 5) is 0. The van der Waals surface area contributed by atoms with Crippen LogP contribution in [0.5, 0.6) is 0 Å². The molecule has 3 heteroatoms. The third-order valence-corrected chi connectivity index (χ3v) is 23.5. The molecule has 0 unspecified atom stereocenters. The van der Waals surface area contributed by atoms with Gasteiger partial charge >= 0.3 is 202 Å². The van der Waals surface area contributed by atoms with E-state index >= 15 is 0 Å². The van der Waals surface area contributed by atoms with E-state index in [9.17, 15) is 0 Å². The molecule has 0 aliphatic heterocycles. The summed E-state index contributed by atoms with van der Waals surface area (Å²) >= 11 is -1.68. The summed E-state index contributed by atoms with van der Waals surface area (Å²) in [6.07, 6.45) is 17.7. The first-order chi connectivity index (χ1) is 12.7. The predicted octanol–water partition coefficient (Wildman–Crippen LogP) is 9.76. The summed E-state index contributed by atoms with van der Waals surface area (Å²) in [5, 5.41) is 0. The smallest absolute Gasteiger partial charge is 1.00 e. The molecule has 0 amide bonds. The van der Waals surface area contributed by atoms with E-state index in [-0.39, 0.29) is 17.1 Å². The molecule has 0 rings (SSSR count). The standard InChI is InChI=1S/6C4H9.Cu.2Sn/c6*1-3-4-2;;;/h6*1,3-4H2,2H3;;;/q;;;;;;3*+1. The average molecular weight is 644 g/mol. The Bertz CT molecular complexity index is 174. The van der Waals surface area contributed by atoms with Crippen LogP contribution in [0.15, 0.2) is 0 Å². The molecule has 0 heterocycles. The van der Waals surface area contributed by atoms with Gasteiger partial charge in [-0.05, 0) is 0 Å². The SMILES string of the molecule is CCC[CH2][Sn+]([CH2]CCC)[CH2]CCC.CCC[CH2][Sn+]([CH2]CCC)[CH2]CCC.[Cu+]. The van der Waals surface area contributed by atoms with Crippen LogP contribution in [0.4, 0.5) is 0 Å². The molecule has 0 saturated carbocycles. The second kappa shape index (κ2) is 30.3. The van der Waals surface area contributed by atoms with E-state index in [0.717, 1.165) is 0 Å². The van der Waals surface area contributed by atoms with E-state index in [1.807, 2.05) is 0 Å². The monoisotopic (exact) mass is 645 g/mol. The Morgan fingerprint density at radius 2 is 0.481 bits per heavy atom. The first kappa shape index (κ1) is 33.7. The average Bonchev–Trinajstić information content (AvgIpc) is 2.67. The normalized spacial score (nSPS) is 10.0. The van der Waals surface area contributed by atoms with Crippen molar-refractivity contribution in [3.63, 3.8) is 0 Å². The van der Waals surface area contributed by atoms with Gasteiger partial charge in [0.15, 0.2) is 0 Å². The van der Waals surface area contributed by atoms with Gasteiger partial charge in [-0.1, -0.05) is 0 Å². The summed E-state index contributed by atoms with van der Waals surface area (Å²) in [7, 11) is 0. The van der Waals surface area contributed by atoms with Gasteiger partial charge in [-0.2, -0.15) is 0 Å². The van der Waals surface area contributed by atoms with Crippen molar-refractivity contribution in [3.05, 3.63) is 0 Å². The molecule has 0 N–H and O–H groups in total. The molecule has 0 nitrogen and oxygen atoms in total. The van der Waals surface area contributed by atoms with E-state index in [2.05, 4.69) is 41.5 Å². The van der Waals surface area contributed by atoms with Crippen LogP contribution in [0.25, 0.3) is 0 Å². The zero-order chi connectivity index (χ0) is 19.9. The van der Waals surface area contributed by atoms with Gasteiger partial charge in [0.2, 0.25) is 0 Å². The van der Waals surface area contributed by atoms with Crippen LogP contribution in [-0.2, 0) is 17.1 Å². The molecule has 0 aliphatic carbocycles. The van der Waals surface area contributed by atoms with Crippen molar-refractivity contribution in [1.82, 2.24) is 0 Å². The molecular formula is C24H54CuSn2+3. The number of hydrogen-bond acceptors (Lipinski definition) is 0. The van der Waals surface area contributed by atoms with Crippen molar-refractivity contribution < 1.29 is 17.1 Å². The molecule has 0 radical (unpaired) electrons. The maximum absolute atomic E-state index is 2.33. The van der Waals surface area contributed by atoms with E-state index < -0.39 is 39.5 Å². The van der Waals surface area contributed by atoms with Gasteiger partial charge in [0.1, 0.15) is 0 Å². The second-order valence-electron chi connectivity index (χ2n) is 8.12. The van der Waals surface area contributed by atoms with E-state index in [4.69, 9.17) is 0 Å². The third kappa shape index (κ3) is 28.1. The van der Waals surface area contributed by atoms with Crippen molar-refractivity contribution in [1.29, 1.82) is 0 Å². The summed E-state index contributed by atoms with van der Waals surface area (Å²) in [5.41, 5.74) is 0. The van der Waals surface area contributed by atoms with Crippen molar-refractivity contribution in [2.75, 3.05) is 0 Å². The van der Waals surface area contributed by atoms with Crippen LogP contribution >= 0.6 is 0 Å². The van der Waals surface area contributed by atoms with Crippen molar-refractivity contribution in [3.8, 4) is 0 Å². The van der Waals surface area contributed by atoms with Gasteiger partial charge in [0.25, 0.3) is 0 Å². The van der Waals surface area contributed by atoms with Gasteiger partial charge in [-0.25, -0.2) is 0 Å². The van der Waals surface area contributed by atoms with E-state index in [1.165, 1.54) is 77.0 Å². The van der Waals surface area contributed by atoms with E-state index in [1.54, 1.807) is 26.6 Å². The van der Waals surface area contributed by atoms with Crippen LogP contribution < -0.4 is 0 Å². The van der Waals surface area contributed by atoms with Crippen LogP contribution in [0.2, 0.25) is 26.6 Å². The van der Waals surface area contributed by atoms with Crippen LogP contribution in [0.1, 0.15) is 119 Å². The van der Waals surface area contributed by atoms with Gasteiger partial charge in [-0.15, -0.1) is 0 Å². The van der Waals surface area contributed by atoms with Crippen LogP contribution in [-0.4, -0.2) is 39.5 Å². The Hall–Kier alpha value is 2.12. The Morgan fingerprint density at radius 3 is 0.593 bits per heavy atom. The minimum atomic E-state index is -0.839. The number of rotatable bonds is 18. The molecule has 0 spiro atoms. The first-order valence-corrected chi connectivity index (χ1v) is 24.5. The quantitative estimate of drug-likeness (QED) is 0.131. The van der Waals surface area contributed by atoms with Gasteiger partial charge in [0.05, 0.1) is 0 Å². The fraction of sp³-hybridized carbons (Fsp3) is 1.00. The van der Waals surface area contributed by atoms with Gasteiger partial charge < -0.3 is 0 Å². The molecule has 166 valence electrons. The van der Waals surface area contributed by atoms with Crippen molar-refractivity contribution >= 4 is 39.5 Å². The molecule has 0 saturated heterocycles. The fourth-order valence-corrected chi connectivity index (χ4v) is 22.2. The molecule has 0 aromatic heterocycles. The zero-order valence-corrected chi connectivity index (χ0v) is 26.7. The maximum Gasteiger partial charge on any atom is 1.00 e. The van der Waals surface area contributed by atoms with Crippen molar-refractivity contribution in [2.45, 2.75) is 145 Å². The molecular weight excluding hydrogens is 589 g/mol. The maximum atomic E-state index is 2.33. The largest absolute Gasteiger partial charge is 1.00 e. The minimum absolute atomic E-state index is 0. The second-order valence-corrected chi connectivity index (χ2v) is 25.2. The Kier molecular flexibility index (Phi) is 37.9. The van der Waals surface area contributed by atoms with Crippen molar-refractivity contribution in [2.24, 2.45) is 0 Å². The Labute approximate surface area is 200 Å². The van der Waals surface area contributed by atoms with Gasteiger partial charge in [-0.3, -0.25) is 0 Å². The molecule has 0 aromatic carbocycles. The molecule has 0 bridgehead atoms. The number of hydrogen-bond donors (Lipinski definition) is 0. The fourth-order valence-electron chi connectivity index (χ4n) is 3.31. The molecule has 0 atom stereocenters. The summed E-state index contributed by atoms with van der Waals surface area (Å²) in [6, 6.07) is 0. The van der Waals surface area contributed by atoms with Gasteiger partial charge in [0, 0.05) is 0 Å². The van der Waals surface area contributed by atoms with E-state index in [0.29, 0.717) is 0 Å². The Morgan fingerprint density at radius 1 is 0.333 bits per heavy atom. The Balaban J connectivity index is -0.000000411. The summed E-state index contributed by atoms with van der Waals surface area (Å²) in [5.74, 6) is 0. The zero-order valence-electron chi connectivity index (χ0n) is 20.0. The topological polar surface area (TPSA) is 0 Å². The first-order valence-electron chi connectivity index (χ1n) is 12.4. The molecule has 0 fully saturated rings. The summed E-state index contributed by atoms with van der Waals surface area (Å²) in [6.45, 7) is 14.0. The predicted molar refractivity (Wildman–Crippen MR) is 130 cm³/mol. The summed E-state index contributed by atoms with van der Waals surface area (Å²) < 4.78 is 10.1. The number of unbranched alkanes of at least 4 members (excludes halogenated alkanes) is 6. The molecule has 27 heavy (non-hydrogen) atoms. The van der Waals surface area contributed by atoms with Crippen LogP contribution in [0.3, 0.4) is 0 Å². The minimum Gasteiger partial charge on any atom is 1.00 e.